The van der Waals surface area contributed by atoms with E-state index in [1.165, 1.54) is 6.08 Å². The topological polar surface area (TPSA) is 108 Å². The van der Waals surface area contributed by atoms with Gasteiger partial charge in [-0.1, -0.05) is 26.0 Å². The molecule has 0 aromatic heterocycles. The highest BCUT2D eigenvalue weighted by Gasteiger charge is 2.09. The van der Waals surface area contributed by atoms with E-state index in [4.69, 9.17) is 10.00 Å². The zero-order chi connectivity index (χ0) is 17.9. The van der Waals surface area contributed by atoms with Gasteiger partial charge in [-0.3, -0.25) is 10.1 Å². The second-order valence-electron chi connectivity index (χ2n) is 5.33. The molecule has 0 fully saturated rings. The molecule has 1 aromatic rings. The van der Waals surface area contributed by atoms with Crippen molar-refractivity contribution < 1.29 is 19.1 Å². The number of carbonyl (C=O) groups excluding carboxylic acids is 3. The average molecular weight is 329 g/mol. The van der Waals surface area contributed by atoms with Gasteiger partial charge in [0.2, 0.25) is 0 Å². The van der Waals surface area contributed by atoms with Gasteiger partial charge in [-0.2, -0.15) is 5.26 Å². The van der Waals surface area contributed by atoms with Gasteiger partial charge in [-0.15, -0.1) is 0 Å². The van der Waals surface area contributed by atoms with E-state index in [0.29, 0.717) is 17.7 Å². The zero-order valence-corrected chi connectivity index (χ0v) is 13.5. The Bertz CT molecular complexity index is 657. The zero-order valence-electron chi connectivity index (χ0n) is 13.5. The molecule has 7 heteroatoms. The number of nitrogens with zero attached hydrogens (tertiary/aromatic N) is 1. The lowest BCUT2D eigenvalue weighted by atomic mass is 10.1. The minimum Gasteiger partial charge on any atom is -0.452 e. The molecule has 0 heterocycles. The number of nitrogens with one attached hydrogen (secondary N) is 2. The van der Waals surface area contributed by atoms with Crippen LogP contribution in [0, 0.1) is 17.2 Å². The number of carbonyl (C=O) groups is 3. The number of imide groups is 1. The number of amides is 3. The van der Waals surface area contributed by atoms with Crippen molar-refractivity contribution in [3.05, 3.63) is 41.5 Å². The third-order valence-electron chi connectivity index (χ3n) is 2.72. The Morgan fingerprint density at radius 1 is 1.25 bits per heavy atom. The monoisotopic (exact) mass is 329 g/mol. The first kappa shape index (κ1) is 18.9. The molecule has 126 valence electrons. The summed E-state index contributed by atoms with van der Waals surface area (Å²) in [5.41, 5.74) is 1.23. The number of hydrogen-bond donors (Lipinski definition) is 2. The first-order chi connectivity index (χ1) is 11.4. The van der Waals surface area contributed by atoms with E-state index in [0.717, 1.165) is 6.08 Å². The number of esters is 1. The summed E-state index contributed by atoms with van der Waals surface area (Å²) in [5.74, 6) is -1.16. The highest BCUT2D eigenvalue weighted by molar-refractivity contribution is 5.96. The molecule has 7 nitrogen and oxygen atoms in total. The second-order valence-corrected chi connectivity index (χ2v) is 5.33. The van der Waals surface area contributed by atoms with E-state index in [2.05, 4.69) is 10.6 Å². The van der Waals surface area contributed by atoms with Crippen LogP contribution in [0.4, 0.5) is 4.79 Å². The molecular formula is C17H19N3O4. The standard InChI is InChI=1S/C17H19N3O4/c1-12(2)10-19-17(23)20-15(21)11-24-16(22)8-7-13-3-5-14(9-18)6-4-13/h3-8,12H,10-11H2,1-2H3,(H2,19,20,21,23)/b8-7+. The van der Waals surface area contributed by atoms with Crippen LogP contribution < -0.4 is 10.6 Å². The molecule has 0 aliphatic carbocycles. The Labute approximate surface area is 140 Å². The van der Waals surface area contributed by atoms with Crippen LogP contribution in [0.1, 0.15) is 25.0 Å². The van der Waals surface area contributed by atoms with Crippen LogP contribution in [0.25, 0.3) is 6.08 Å². The van der Waals surface area contributed by atoms with Gasteiger partial charge in [-0.25, -0.2) is 9.59 Å². The summed E-state index contributed by atoms with van der Waals surface area (Å²) in [7, 11) is 0. The summed E-state index contributed by atoms with van der Waals surface area (Å²) in [6.45, 7) is 3.73. The molecule has 0 bridgehead atoms. The molecule has 0 atom stereocenters. The van der Waals surface area contributed by atoms with Gasteiger partial charge in [0.25, 0.3) is 5.91 Å². The van der Waals surface area contributed by atoms with Gasteiger partial charge < -0.3 is 10.1 Å². The maximum atomic E-state index is 11.5. The van der Waals surface area contributed by atoms with Crippen molar-refractivity contribution in [2.24, 2.45) is 5.92 Å². The Hall–Kier alpha value is -3.14. The maximum Gasteiger partial charge on any atom is 0.331 e. The summed E-state index contributed by atoms with van der Waals surface area (Å²) >= 11 is 0. The fourth-order valence-electron chi connectivity index (χ4n) is 1.52. The minimum atomic E-state index is -0.712. The molecule has 0 unspecified atom stereocenters. The summed E-state index contributed by atoms with van der Waals surface area (Å²) in [4.78, 5) is 34.3. The number of benzene rings is 1. The average Bonchev–Trinajstić information content (AvgIpc) is 2.56. The van der Waals surface area contributed by atoms with E-state index in [1.807, 2.05) is 19.9 Å². The summed E-state index contributed by atoms with van der Waals surface area (Å²) in [5, 5.41) is 13.2. The van der Waals surface area contributed by atoms with Crippen LogP contribution >= 0.6 is 0 Å². The van der Waals surface area contributed by atoms with Crippen molar-refractivity contribution in [3.8, 4) is 6.07 Å². The normalized spacial score (nSPS) is 10.2. The van der Waals surface area contributed by atoms with E-state index in [9.17, 15) is 14.4 Å². The Kier molecular flexibility index (Phi) is 7.71. The van der Waals surface area contributed by atoms with Gasteiger partial charge in [0, 0.05) is 12.6 Å². The predicted octanol–water partition coefficient (Wildman–Crippen LogP) is 1.60. The number of hydrogen-bond acceptors (Lipinski definition) is 5. The highest BCUT2D eigenvalue weighted by atomic mass is 16.5. The van der Waals surface area contributed by atoms with Gasteiger partial charge in [0.1, 0.15) is 0 Å². The number of urea groups is 1. The van der Waals surface area contributed by atoms with Crippen molar-refractivity contribution >= 4 is 24.0 Å². The molecule has 0 spiro atoms. The number of rotatable bonds is 6. The van der Waals surface area contributed by atoms with Crippen molar-refractivity contribution in [2.75, 3.05) is 13.2 Å². The molecule has 1 aromatic carbocycles. The molecule has 0 radical (unpaired) electrons. The largest absolute Gasteiger partial charge is 0.452 e. The first-order valence-electron chi connectivity index (χ1n) is 7.33. The lowest BCUT2D eigenvalue weighted by molar-refractivity contribution is -0.143. The SMILES string of the molecule is CC(C)CNC(=O)NC(=O)COC(=O)/C=C/c1ccc(C#N)cc1. The number of nitriles is 1. The third kappa shape index (κ3) is 7.75. The van der Waals surface area contributed by atoms with Crippen LogP contribution in [0.15, 0.2) is 30.3 Å². The molecule has 2 N–H and O–H groups in total. The Morgan fingerprint density at radius 2 is 1.92 bits per heavy atom. The predicted molar refractivity (Wildman–Crippen MR) is 87.5 cm³/mol. The minimum absolute atomic E-state index is 0.260. The lowest BCUT2D eigenvalue weighted by Crippen LogP contribution is -2.42. The molecule has 24 heavy (non-hydrogen) atoms. The van der Waals surface area contributed by atoms with Gasteiger partial charge in [0.05, 0.1) is 11.6 Å². The molecular weight excluding hydrogens is 310 g/mol. The molecule has 0 saturated heterocycles. The number of ether oxygens (including phenoxy) is 1. The molecule has 3 amide bonds. The Morgan fingerprint density at radius 3 is 2.50 bits per heavy atom. The molecule has 0 aliphatic heterocycles. The van der Waals surface area contributed by atoms with Crippen LogP contribution in [-0.4, -0.2) is 31.1 Å². The summed E-state index contributed by atoms with van der Waals surface area (Å²) in [6.07, 6.45) is 2.66. The van der Waals surface area contributed by atoms with E-state index >= 15 is 0 Å². The van der Waals surface area contributed by atoms with Crippen molar-refractivity contribution in [2.45, 2.75) is 13.8 Å². The molecule has 0 saturated carbocycles. The third-order valence-corrected chi connectivity index (χ3v) is 2.72. The molecule has 0 aliphatic rings. The van der Waals surface area contributed by atoms with Gasteiger partial charge in [0.15, 0.2) is 6.61 Å². The molecule has 1 rings (SSSR count). The van der Waals surface area contributed by atoms with Gasteiger partial charge >= 0.3 is 12.0 Å². The fourth-order valence-corrected chi connectivity index (χ4v) is 1.52. The smallest absolute Gasteiger partial charge is 0.331 e. The van der Waals surface area contributed by atoms with Crippen molar-refractivity contribution in [1.29, 1.82) is 5.26 Å². The first-order valence-corrected chi connectivity index (χ1v) is 7.33. The van der Waals surface area contributed by atoms with E-state index in [-0.39, 0.29) is 5.92 Å². The second kappa shape index (κ2) is 9.79. The Balaban J connectivity index is 2.34. The van der Waals surface area contributed by atoms with Crippen molar-refractivity contribution in [1.82, 2.24) is 10.6 Å². The van der Waals surface area contributed by atoms with Crippen LogP contribution in [0.3, 0.4) is 0 Å². The summed E-state index contributed by atoms with van der Waals surface area (Å²) < 4.78 is 4.73. The quantitative estimate of drug-likeness (QED) is 0.608. The van der Waals surface area contributed by atoms with Gasteiger partial charge in [-0.05, 0) is 29.7 Å². The fraction of sp³-hybridized carbons (Fsp3) is 0.294. The van der Waals surface area contributed by atoms with Crippen molar-refractivity contribution in [3.63, 3.8) is 0 Å². The van der Waals surface area contributed by atoms with E-state index < -0.39 is 24.5 Å². The lowest BCUT2D eigenvalue weighted by Gasteiger charge is -2.08. The van der Waals surface area contributed by atoms with E-state index in [1.54, 1.807) is 24.3 Å². The van der Waals surface area contributed by atoms with Crippen LogP contribution in [0.2, 0.25) is 0 Å². The van der Waals surface area contributed by atoms with Crippen LogP contribution in [-0.2, 0) is 14.3 Å². The highest BCUT2D eigenvalue weighted by Crippen LogP contribution is 2.05. The maximum absolute atomic E-state index is 11.5. The summed E-state index contributed by atoms with van der Waals surface area (Å²) in [6, 6.07) is 7.95. The van der Waals surface area contributed by atoms with Crippen LogP contribution in [0.5, 0.6) is 0 Å².